The summed E-state index contributed by atoms with van der Waals surface area (Å²) in [5.41, 5.74) is 1.51. The van der Waals surface area contributed by atoms with Crippen molar-refractivity contribution in [3.8, 4) is 5.75 Å². The minimum Gasteiger partial charge on any atom is -0.511 e. The lowest BCUT2D eigenvalue weighted by Gasteiger charge is -2.17. The maximum Gasteiger partial charge on any atom is 0.274 e. The molecule has 128 valence electrons. The fourth-order valence-electron chi connectivity index (χ4n) is 2.30. The van der Waals surface area contributed by atoms with Crippen LogP contribution < -0.4 is 5.32 Å². The van der Waals surface area contributed by atoms with E-state index in [0.717, 1.165) is 10.9 Å². The normalized spacial score (nSPS) is 11.0. The van der Waals surface area contributed by atoms with E-state index in [4.69, 9.17) is 9.94 Å². The Balaban J connectivity index is 2.56. The van der Waals surface area contributed by atoms with Crippen molar-refractivity contribution in [1.29, 1.82) is 0 Å². The first-order chi connectivity index (χ1) is 11.3. The first kappa shape index (κ1) is 17.7. The summed E-state index contributed by atoms with van der Waals surface area (Å²) in [4.78, 5) is 21.7. The molecule has 0 aliphatic carbocycles. The minimum absolute atomic E-state index is 0.105. The monoisotopic (exact) mass is 331 g/mol. The number of pyridine rings is 1. The van der Waals surface area contributed by atoms with Gasteiger partial charge < -0.3 is 20.4 Å². The summed E-state index contributed by atoms with van der Waals surface area (Å²) in [6.07, 6.45) is 0. The summed E-state index contributed by atoms with van der Waals surface area (Å²) >= 11 is 0. The number of hydrogen-bond acceptors (Lipinski definition) is 6. The number of aliphatic hydroxyl groups is 1. The van der Waals surface area contributed by atoms with E-state index < -0.39 is 5.91 Å². The van der Waals surface area contributed by atoms with Crippen LogP contribution >= 0.6 is 0 Å². The number of aryl methyl sites for hydroxylation is 1. The topological polar surface area (TPSA) is 94.9 Å². The van der Waals surface area contributed by atoms with Gasteiger partial charge in [-0.3, -0.25) is 4.79 Å². The van der Waals surface area contributed by atoms with Gasteiger partial charge in [0.15, 0.2) is 11.4 Å². The molecule has 0 fully saturated rings. The van der Waals surface area contributed by atoms with Crippen molar-refractivity contribution in [1.82, 2.24) is 15.4 Å². The highest BCUT2D eigenvalue weighted by molar-refractivity contribution is 6.02. The number of aliphatic hydroxyl groups excluding tert-OH is 1. The van der Waals surface area contributed by atoms with Gasteiger partial charge in [-0.1, -0.05) is 24.3 Å². The number of nitrogens with one attached hydrogen (secondary N) is 1. The molecule has 0 aliphatic heterocycles. The number of carbonyl (C=O) groups is 1. The van der Waals surface area contributed by atoms with Crippen molar-refractivity contribution >= 4 is 16.7 Å². The average molecular weight is 331 g/mol. The molecule has 7 heteroatoms. The van der Waals surface area contributed by atoms with E-state index in [0.29, 0.717) is 17.6 Å². The Morgan fingerprint density at radius 2 is 2.12 bits per heavy atom. The molecule has 1 heterocycles. The van der Waals surface area contributed by atoms with Gasteiger partial charge in [-0.15, -0.1) is 0 Å². The number of nitrogens with zero attached hydrogens (tertiary/aromatic N) is 2. The number of rotatable bonds is 6. The molecule has 1 amide bonds. The Bertz CT molecular complexity index is 789. The first-order valence-corrected chi connectivity index (χ1v) is 7.36. The van der Waals surface area contributed by atoms with Crippen LogP contribution in [0.25, 0.3) is 10.8 Å². The quantitative estimate of drug-likeness (QED) is 0.554. The fourth-order valence-corrected chi connectivity index (χ4v) is 2.30. The molecule has 0 saturated heterocycles. The third kappa shape index (κ3) is 3.81. The summed E-state index contributed by atoms with van der Waals surface area (Å²) in [7, 11) is 3.28. The van der Waals surface area contributed by atoms with Crippen LogP contribution in [0.1, 0.15) is 21.7 Å². The molecule has 3 N–H and O–H groups in total. The number of fused-ring (bicyclic) bond motifs is 1. The van der Waals surface area contributed by atoms with Crippen LogP contribution in [0, 0.1) is 6.92 Å². The van der Waals surface area contributed by atoms with Gasteiger partial charge in [0, 0.05) is 17.8 Å². The van der Waals surface area contributed by atoms with Gasteiger partial charge >= 0.3 is 0 Å². The maximum atomic E-state index is 12.3. The highest BCUT2D eigenvalue weighted by Gasteiger charge is 2.20. The van der Waals surface area contributed by atoms with Crippen molar-refractivity contribution in [3.63, 3.8) is 0 Å². The standard InChI is InChI=1S/C17H21N3O4/c1-10-5-6-12-13(7-10)14(9-20(3)24-4)19-15(16(12)22)17(23)18-8-11(2)21/h5-7,21-22H,2,8-9H2,1,3-4H3,(H,18,23). The number of hydrogen-bond donors (Lipinski definition) is 3. The van der Waals surface area contributed by atoms with Gasteiger partial charge in [-0.05, 0) is 13.0 Å². The molecule has 0 atom stereocenters. The van der Waals surface area contributed by atoms with E-state index >= 15 is 0 Å². The summed E-state index contributed by atoms with van der Waals surface area (Å²) < 4.78 is 0. The largest absolute Gasteiger partial charge is 0.511 e. The average Bonchev–Trinajstić information content (AvgIpc) is 2.54. The first-order valence-electron chi connectivity index (χ1n) is 7.36. The van der Waals surface area contributed by atoms with Crippen LogP contribution in [0.4, 0.5) is 0 Å². The lowest BCUT2D eigenvalue weighted by molar-refractivity contribution is -0.117. The van der Waals surface area contributed by atoms with Gasteiger partial charge in [-0.25, -0.2) is 4.98 Å². The number of carbonyl (C=O) groups excluding carboxylic acids is 1. The van der Waals surface area contributed by atoms with Gasteiger partial charge in [-0.2, -0.15) is 5.06 Å². The Labute approximate surface area is 140 Å². The number of hydroxylamine groups is 2. The molecule has 0 radical (unpaired) electrons. The second kappa shape index (κ2) is 7.29. The highest BCUT2D eigenvalue weighted by Crippen LogP contribution is 2.31. The SMILES string of the molecule is C=C(O)CNC(=O)c1nc(CN(C)OC)c2cc(C)ccc2c1O. The molecule has 1 aromatic carbocycles. The highest BCUT2D eigenvalue weighted by atomic mass is 16.7. The molecule has 0 bridgehead atoms. The number of amides is 1. The predicted molar refractivity (Wildman–Crippen MR) is 90.7 cm³/mol. The predicted octanol–water partition coefficient (Wildman–Crippen LogP) is 2.04. The van der Waals surface area contributed by atoms with Crippen molar-refractivity contribution in [2.75, 3.05) is 20.7 Å². The maximum absolute atomic E-state index is 12.3. The zero-order valence-electron chi connectivity index (χ0n) is 14.0. The molecule has 0 saturated carbocycles. The van der Waals surface area contributed by atoms with Crippen LogP contribution in [0.2, 0.25) is 0 Å². The molecule has 24 heavy (non-hydrogen) atoms. The molecule has 1 aromatic heterocycles. The Hall–Kier alpha value is -2.64. The van der Waals surface area contributed by atoms with Crippen LogP contribution in [-0.2, 0) is 11.4 Å². The van der Waals surface area contributed by atoms with E-state index in [9.17, 15) is 9.90 Å². The van der Waals surface area contributed by atoms with Crippen molar-refractivity contribution in [2.24, 2.45) is 0 Å². The smallest absolute Gasteiger partial charge is 0.274 e. The summed E-state index contributed by atoms with van der Waals surface area (Å²) in [5.74, 6) is -0.972. The Kier molecular flexibility index (Phi) is 5.38. The summed E-state index contributed by atoms with van der Waals surface area (Å²) in [5, 5.41) is 24.9. The van der Waals surface area contributed by atoms with Crippen LogP contribution in [0.3, 0.4) is 0 Å². The van der Waals surface area contributed by atoms with Crippen molar-refractivity contribution < 1.29 is 19.8 Å². The van der Waals surface area contributed by atoms with Crippen LogP contribution in [0.15, 0.2) is 30.5 Å². The lowest BCUT2D eigenvalue weighted by Crippen LogP contribution is -2.27. The van der Waals surface area contributed by atoms with E-state index in [2.05, 4.69) is 16.9 Å². The molecule has 0 aliphatic rings. The van der Waals surface area contributed by atoms with Crippen LogP contribution in [0.5, 0.6) is 5.75 Å². The summed E-state index contributed by atoms with van der Waals surface area (Å²) in [6, 6.07) is 5.50. The van der Waals surface area contributed by atoms with Gasteiger partial charge in [0.2, 0.25) is 0 Å². The van der Waals surface area contributed by atoms with E-state index in [1.165, 1.54) is 7.11 Å². The van der Waals surface area contributed by atoms with E-state index in [1.807, 2.05) is 19.1 Å². The fraction of sp³-hybridized carbons (Fsp3) is 0.294. The molecule has 2 rings (SSSR count). The number of aromatic hydroxyl groups is 1. The van der Waals surface area contributed by atoms with Gasteiger partial charge in [0.25, 0.3) is 5.91 Å². The van der Waals surface area contributed by atoms with Crippen molar-refractivity contribution in [3.05, 3.63) is 47.5 Å². The van der Waals surface area contributed by atoms with Crippen LogP contribution in [-0.4, -0.2) is 46.9 Å². The molecule has 0 spiro atoms. The summed E-state index contributed by atoms with van der Waals surface area (Å²) in [6.45, 7) is 5.47. The molecular formula is C17H21N3O4. The molecular weight excluding hydrogens is 310 g/mol. The zero-order valence-corrected chi connectivity index (χ0v) is 14.0. The Morgan fingerprint density at radius 3 is 2.75 bits per heavy atom. The lowest BCUT2D eigenvalue weighted by atomic mass is 10.0. The van der Waals surface area contributed by atoms with Crippen molar-refractivity contribution in [2.45, 2.75) is 13.5 Å². The zero-order chi connectivity index (χ0) is 17.9. The third-order valence-electron chi connectivity index (χ3n) is 3.56. The van der Waals surface area contributed by atoms with E-state index in [-0.39, 0.29) is 23.7 Å². The van der Waals surface area contributed by atoms with E-state index in [1.54, 1.807) is 18.2 Å². The Morgan fingerprint density at radius 1 is 1.42 bits per heavy atom. The number of aromatic nitrogens is 1. The molecule has 7 nitrogen and oxygen atoms in total. The molecule has 2 aromatic rings. The minimum atomic E-state index is -0.591. The molecule has 0 unspecified atom stereocenters. The number of benzene rings is 1. The second-order valence-corrected chi connectivity index (χ2v) is 5.52. The second-order valence-electron chi connectivity index (χ2n) is 5.52. The van der Waals surface area contributed by atoms with Gasteiger partial charge in [0.1, 0.15) is 5.76 Å². The van der Waals surface area contributed by atoms with Gasteiger partial charge in [0.05, 0.1) is 25.9 Å². The third-order valence-corrected chi connectivity index (χ3v) is 3.56.